The third kappa shape index (κ3) is 7.34. The summed E-state index contributed by atoms with van der Waals surface area (Å²) in [6, 6.07) is 8.84. The van der Waals surface area contributed by atoms with Gasteiger partial charge in [-0.3, -0.25) is 9.69 Å². The fourth-order valence-corrected chi connectivity index (χ4v) is 6.38. The van der Waals surface area contributed by atoms with Gasteiger partial charge in [-0.05, 0) is 56.1 Å². The molecule has 8 nitrogen and oxygen atoms in total. The molecule has 2 aromatic carbocycles. The molecule has 2 N–H and O–H groups in total. The fraction of sp³-hybridized carbons (Fsp3) is 0.533. The van der Waals surface area contributed by atoms with Crippen LogP contribution >= 0.6 is 0 Å². The van der Waals surface area contributed by atoms with Gasteiger partial charge in [0.05, 0.1) is 24.3 Å². The predicted octanol–water partition coefficient (Wildman–Crippen LogP) is 6.45. The first-order chi connectivity index (χ1) is 19.6. The van der Waals surface area contributed by atoms with E-state index < -0.39 is 56.1 Å². The maximum atomic E-state index is 14.0. The number of benzene rings is 2. The van der Waals surface area contributed by atoms with Crippen LogP contribution in [0.3, 0.4) is 0 Å². The van der Waals surface area contributed by atoms with Gasteiger partial charge in [0.15, 0.2) is 5.72 Å². The third-order valence-electron chi connectivity index (χ3n) is 7.03. The number of anilines is 1. The highest BCUT2D eigenvalue weighted by molar-refractivity contribution is 6.48. The summed E-state index contributed by atoms with van der Waals surface area (Å²) in [5.74, 6) is -0.675. The smallest absolute Gasteiger partial charge is 0.416 e. The number of carbonyl (C=O) groups is 2. The van der Waals surface area contributed by atoms with E-state index in [1.807, 2.05) is 40.8 Å². The Morgan fingerprint density at radius 1 is 1.12 bits per heavy atom. The molecule has 1 aliphatic heterocycles. The standard InChI is InChI=1S/C30H40F3N2O6Si/c1-8-39-18-24(25(28(3,4)5)41-42(6)7)35(27(37)38)20-15-14-19-17-29(40-9-2,34-26(36)21(19)16-20)22-12-10-11-13-23(22)30(31,32)33/h10-16,24-25H,8-9,17-18H2,1-7H3,(H,34,36)(H,37,38). The van der Waals surface area contributed by atoms with Crippen molar-refractivity contribution in [2.24, 2.45) is 5.41 Å². The largest absolute Gasteiger partial charge is 0.465 e. The van der Waals surface area contributed by atoms with E-state index in [4.69, 9.17) is 13.9 Å². The summed E-state index contributed by atoms with van der Waals surface area (Å²) in [6.45, 7) is 13.8. The Morgan fingerprint density at radius 2 is 1.79 bits per heavy atom. The average molecular weight is 610 g/mol. The van der Waals surface area contributed by atoms with Gasteiger partial charge in [0, 0.05) is 36.4 Å². The second-order valence-corrected chi connectivity index (χ2v) is 13.5. The van der Waals surface area contributed by atoms with Crippen LogP contribution in [0.15, 0.2) is 42.5 Å². The van der Waals surface area contributed by atoms with Crippen LogP contribution in [0, 0.1) is 5.41 Å². The molecule has 1 aliphatic rings. The van der Waals surface area contributed by atoms with Crippen molar-refractivity contribution in [1.82, 2.24) is 5.32 Å². The first kappa shape index (κ1) is 33.6. The van der Waals surface area contributed by atoms with E-state index in [0.29, 0.717) is 12.2 Å². The second-order valence-electron chi connectivity index (χ2n) is 11.5. The van der Waals surface area contributed by atoms with Crippen molar-refractivity contribution < 1.29 is 41.8 Å². The lowest BCUT2D eigenvalue weighted by Crippen LogP contribution is -2.56. The maximum Gasteiger partial charge on any atom is 0.416 e. The van der Waals surface area contributed by atoms with Gasteiger partial charge >= 0.3 is 12.3 Å². The third-order valence-corrected chi connectivity index (χ3v) is 7.75. The molecule has 0 saturated heterocycles. The summed E-state index contributed by atoms with van der Waals surface area (Å²) >= 11 is 0. The van der Waals surface area contributed by atoms with Crippen LogP contribution < -0.4 is 10.2 Å². The summed E-state index contributed by atoms with van der Waals surface area (Å²) in [4.78, 5) is 27.5. The lowest BCUT2D eigenvalue weighted by molar-refractivity contribution is -0.143. The number of nitrogens with one attached hydrogen (secondary N) is 1. The summed E-state index contributed by atoms with van der Waals surface area (Å²) in [7, 11) is -1.24. The molecule has 42 heavy (non-hydrogen) atoms. The molecule has 3 rings (SSSR count). The zero-order valence-electron chi connectivity index (χ0n) is 25.1. The summed E-state index contributed by atoms with van der Waals surface area (Å²) in [6.07, 6.45) is -6.54. The Balaban J connectivity index is 2.13. The highest BCUT2D eigenvalue weighted by Gasteiger charge is 2.47. The predicted molar refractivity (Wildman–Crippen MR) is 155 cm³/mol. The molecule has 2 amide bonds. The fourth-order valence-electron chi connectivity index (χ4n) is 5.37. The topological polar surface area (TPSA) is 97.3 Å². The van der Waals surface area contributed by atoms with Crippen LogP contribution in [-0.4, -0.2) is 58.1 Å². The minimum atomic E-state index is -4.67. The molecular weight excluding hydrogens is 569 g/mol. The summed E-state index contributed by atoms with van der Waals surface area (Å²) < 4.78 is 59.8. The van der Waals surface area contributed by atoms with Gasteiger partial charge in [0.1, 0.15) is 0 Å². The molecule has 3 unspecified atom stereocenters. The Morgan fingerprint density at radius 3 is 2.33 bits per heavy atom. The van der Waals surface area contributed by atoms with E-state index in [1.165, 1.54) is 24.3 Å². The molecule has 0 bridgehead atoms. The van der Waals surface area contributed by atoms with Gasteiger partial charge in [0.2, 0.25) is 9.04 Å². The number of carbonyl (C=O) groups excluding carboxylic acids is 1. The molecule has 0 saturated carbocycles. The van der Waals surface area contributed by atoms with Gasteiger partial charge in [-0.25, -0.2) is 4.79 Å². The van der Waals surface area contributed by atoms with Crippen molar-refractivity contribution in [2.45, 2.75) is 78.2 Å². The van der Waals surface area contributed by atoms with Crippen LogP contribution in [0.5, 0.6) is 0 Å². The lowest BCUT2D eigenvalue weighted by Gasteiger charge is -2.43. The zero-order chi connectivity index (χ0) is 31.5. The Bertz CT molecular complexity index is 1270. The number of fused-ring (bicyclic) bond motifs is 1. The number of ether oxygens (including phenoxy) is 2. The van der Waals surface area contributed by atoms with E-state index in [9.17, 15) is 27.9 Å². The molecular formula is C30H40F3N2O6Si. The quantitative estimate of drug-likeness (QED) is 0.284. The van der Waals surface area contributed by atoms with Crippen LogP contribution in [-0.2, 0) is 32.2 Å². The zero-order valence-corrected chi connectivity index (χ0v) is 26.1. The van der Waals surface area contributed by atoms with Gasteiger partial charge in [-0.15, -0.1) is 0 Å². The second kappa shape index (κ2) is 13.1. The van der Waals surface area contributed by atoms with Crippen molar-refractivity contribution in [3.05, 3.63) is 64.7 Å². The number of alkyl halides is 3. The van der Waals surface area contributed by atoms with E-state index in [0.717, 1.165) is 11.0 Å². The van der Waals surface area contributed by atoms with Crippen molar-refractivity contribution in [3.63, 3.8) is 0 Å². The van der Waals surface area contributed by atoms with E-state index in [2.05, 4.69) is 5.32 Å². The lowest BCUT2D eigenvalue weighted by atomic mass is 9.83. The highest BCUT2D eigenvalue weighted by Crippen LogP contribution is 2.42. The van der Waals surface area contributed by atoms with Crippen LogP contribution in [0.2, 0.25) is 13.1 Å². The van der Waals surface area contributed by atoms with Crippen LogP contribution in [0.4, 0.5) is 23.7 Å². The number of hydrogen-bond acceptors (Lipinski definition) is 5. The number of nitrogens with zero attached hydrogens (tertiary/aromatic N) is 1. The number of rotatable bonds is 11. The molecule has 2 aromatic rings. The molecule has 0 spiro atoms. The number of carboxylic acid groups (broad SMARTS) is 1. The van der Waals surface area contributed by atoms with Crippen molar-refractivity contribution >= 4 is 26.7 Å². The van der Waals surface area contributed by atoms with Gasteiger partial charge in [-0.1, -0.05) is 45.0 Å². The first-order valence-electron chi connectivity index (χ1n) is 13.9. The van der Waals surface area contributed by atoms with Crippen molar-refractivity contribution in [2.75, 3.05) is 24.7 Å². The Kier molecular flexibility index (Phi) is 10.5. The molecule has 0 aliphatic carbocycles. The summed E-state index contributed by atoms with van der Waals surface area (Å²) in [5.41, 5.74) is -2.52. The molecule has 12 heteroatoms. The van der Waals surface area contributed by atoms with E-state index >= 15 is 0 Å². The van der Waals surface area contributed by atoms with Crippen molar-refractivity contribution in [3.8, 4) is 0 Å². The number of halogens is 3. The Hall–Kier alpha value is -2.93. The van der Waals surface area contributed by atoms with Gasteiger partial charge in [-0.2, -0.15) is 13.2 Å². The minimum absolute atomic E-state index is 0.0399. The maximum absolute atomic E-state index is 14.0. The molecule has 3 atom stereocenters. The molecule has 0 fully saturated rings. The average Bonchev–Trinajstić information content (AvgIpc) is 2.88. The first-order valence-corrected chi connectivity index (χ1v) is 16.3. The minimum Gasteiger partial charge on any atom is -0.465 e. The normalized spacial score (nSPS) is 18.8. The van der Waals surface area contributed by atoms with Crippen LogP contribution in [0.1, 0.15) is 61.7 Å². The highest BCUT2D eigenvalue weighted by atomic mass is 28.3. The van der Waals surface area contributed by atoms with Crippen molar-refractivity contribution in [1.29, 1.82) is 0 Å². The van der Waals surface area contributed by atoms with E-state index in [1.54, 1.807) is 19.1 Å². The molecule has 1 heterocycles. The molecule has 1 radical (unpaired) electrons. The summed E-state index contributed by atoms with van der Waals surface area (Å²) in [5, 5.41) is 13.1. The number of hydrogen-bond donors (Lipinski definition) is 2. The van der Waals surface area contributed by atoms with Crippen LogP contribution in [0.25, 0.3) is 0 Å². The molecule has 0 aromatic heterocycles. The van der Waals surface area contributed by atoms with Gasteiger partial charge < -0.3 is 24.3 Å². The number of amides is 2. The Labute approximate surface area is 246 Å². The van der Waals surface area contributed by atoms with Gasteiger partial charge in [0.25, 0.3) is 5.91 Å². The molecule has 231 valence electrons. The SMILES string of the molecule is CCOCC(C(O[Si](C)C)C(C)(C)C)N(C(=O)O)c1ccc2c(c1)C(=O)NC(OCC)(c1ccccc1C(F)(F)F)C2. The van der Waals surface area contributed by atoms with E-state index in [-0.39, 0.29) is 36.4 Å². The monoisotopic (exact) mass is 609 g/mol.